The van der Waals surface area contributed by atoms with Crippen LogP contribution in [0.3, 0.4) is 0 Å². The molecule has 0 aromatic carbocycles. The highest BCUT2D eigenvalue weighted by Gasteiger charge is 2.58. The summed E-state index contributed by atoms with van der Waals surface area (Å²) in [6, 6.07) is 5.08. The summed E-state index contributed by atoms with van der Waals surface area (Å²) in [4.78, 5) is 6.75. The summed E-state index contributed by atoms with van der Waals surface area (Å²) in [7, 11) is 0. The second kappa shape index (κ2) is 23.2. The lowest BCUT2D eigenvalue weighted by Crippen LogP contribution is -2.64. The van der Waals surface area contributed by atoms with Crippen molar-refractivity contribution in [2.45, 2.75) is 306 Å². The fraction of sp³-hybridized carbons (Fsp3) is 1.00. The molecular weight excluding hydrogens is 781 g/mol. The highest BCUT2D eigenvalue weighted by atomic mass is 16.5. The van der Waals surface area contributed by atoms with Crippen LogP contribution in [0.2, 0.25) is 0 Å². The maximum absolute atomic E-state index is 6.72. The molecule has 0 bridgehead atoms. The van der Waals surface area contributed by atoms with Crippen LogP contribution in [-0.4, -0.2) is 71.5 Å². The molecule has 10 saturated carbocycles. The average molecular weight is 886 g/mol. The van der Waals surface area contributed by atoms with E-state index in [9.17, 15) is 0 Å². The normalized spacial score (nSPS) is 43.9. The molecule has 10 aliphatic rings. The lowest BCUT2D eigenvalue weighted by atomic mass is 9.46. The van der Waals surface area contributed by atoms with Crippen LogP contribution in [0.4, 0.5) is 0 Å². The van der Waals surface area contributed by atoms with E-state index in [0.29, 0.717) is 12.2 Å². The first kappa shape index (κ1) is 47.5. The van der Waals surface area contributed by atoms with E-state index >= 15 is 0 Å². The van der Waals surface area contributed by atoms with Gasteiger partial charge in [0, 0.05) is 49.5 Å². The van der Waals surface area contributed by atoms with Crippen LogP contribution in [0.1, 0.15) is 258 Å². The van der Waals surface area contributed by atoms with Crippen LogP contribution in [0.15, 0.2) is 0 Å². The first-order valence-electron chi connectivity index (χ1n) is 30.3. The first-order chi connectivity index (χ1) is 31.6. The molecule has 366 valence electrons. The van der Waals surface area contributed by atoms with E-state index in [0.717, 1.165) is 109 Å². The topological polar surface area (TPSA) is 24.9 Å². The monoisotopic (exact) mass is 885 g/mol. The molecule has 0 saturated heterocycles. The highest BCUT2D eigenvalue weighted by molar-refractivity contribution is 5.10. The van der Waals surface area contributed by atoms with E-state index in [4.69, 9.17) is 9.47 Å². The average Bonchev–Trinajstić information content (AvgIpc) is 3.34. The van der Waals surface area contributed by atoms with Crippen LogP contribution in [-0.2, 0) is 9.47 Å². The molecule has 0 N–H and O–H groups in total. The maximum atomic E-state index is 6.72. The Morgan fingerprint density at radius 2 is 0.688 bits per heavy atom. The summed E-state index contributed by atoms with van der Waals surface area (Å²) >= 11 is 0. The van der Waals surface area contributed by atoms with E-state index in [1.54, 1.807) is 38.5 Å². The molecule has 0 spiro atoms. The summed E-state index contributed by atoms with van der Waals surface area (Å²) in [5, 5.41) is 0. The molecule has 8 atom stereocenters. The van der Waals surface area contributed by atoms with Gasteiger partial charge in [-0.1, -0.05) is 78.1 Å². The Morgan fingerprint density at radius 1 is 0.344 bits per heavy atom. The van der Waals surface area contributed by atoms with E-state index in [-0.39, 0.29) is 0 Å². The number of hydrogen-bond donors (Lipinski definition) is 0. The Kier molecular flexibility index (Phi) is 17.2. The van der Waals surface area contributed by atoms with Crippen molar-refractivity contribution in [1.29, 1.82) is 0 Å². The van der Waals surface area contributed by atoms with E-state index in [1.807, 2.05) is 0 Å². The van der Waals surface area contributed by atoms with Gasteiger partial charge < -0.3 is 9.47 Å². The summed E-state index contributed by atoms with van der Waals surface area (Å²) in [6.45, 7) is 7.17. The SMILES string of the molecule is CC1CCC(N(C2CCC(OCCCC3CCCCC3)CC2)C2CCC3CCC4C5C(CCC2C35)CCC4N(C2CCC(C)CC2)C2CCC(OCCCC3CCCCC3)CC2)CC1. The van der Waals surface area contributed by atoms with Gasteiger partial charge >= 0.3 is 0 Å². The minimum Gasteiger partial charge on any atom is -0.378 e. The van der Waals surface area contributed by atoms with Crippen molar-refractivity contribution in [3.05, 3.63) is 0 Å². The number of rotatable bonds is 16. The summed E-state index contributed by atoms with van der Waals surface area (Å²) < 4.78 is 13.4. The largest absolute Gasteiger partial charge is 0.378 e. The molecule has 10 aliphatic carbocycles. The van der Waals surface area contributed by atoms with Crippen LogP contribution >= 0.6 is 0 Å². The third-order valence-corrected chi connectivity index (χ3v) is 22.3. The second-order valence-electron chi connectivity index (χ2n) is 26.1. The highest BCUT2D eigenvalue weighted by Crippen LogP contribution is 2.62. The van der Waals surface area contributed by atoms with E-state index < -0.39 is 0 Å². The van der Waals surface area contributed by atoms with Gasteiger partial charge in [0.25, 0.3) is 0 Å². The van der Waals surface area contributed by atoms with Crippen LogP contribution < -0.4 is 0 Å². The van der Waals surface area contributed by atoms with Crippen LogP contribution in [0.5, 0.6) is 0 Å². The molecule has 0 radical (unpaired) electrons. The van der Waals surface area contributed by atoms with Gasteiger partial charge in [-0.3, -0.25) is 9.80 Å². The number of ether oxygens (including phenoxy) is 2. The van der Waals surface area contributed by atoms with Crippen molar-refractivity contribution in [2.24, 2.45) is 59.2 Å². The minimum absolute atomic E-state index is 0.536. The van der Waals surface area contributed by atoms with Crippen molar-refractivity contribution < 1.29 is 9.47 Å². The van der Waals surface area contributed by atoms with Gasteiger partial charge in [-0.25, -0.2) is 0 Å². The zero-order valence-corrected chi connectivity index (χ0v) is 42.4. The van der Waals surface area contributed by atoms with Crippen molar-refractivity contribution in [3.63, 3.8) is 0 Å². The van der Waals surface area contributed by atoms with E-state index in [1.165, 1.54) is 205 Å². The molecule has 64 heavy (non-hydrogen) atoms. The Bertz CT molecular complexity index is 1240. The molecule has 0 aliphatic heterocycles. The van der Waals surface area contributed by atoms with Crippen LogP contribution in [0.25, 0.3) is 0 Å². The maximum Gasteiger partial charge on any atom is 0.0576 e. The van der Waals surface area contributed by atoms with Crippen molar-refractivity contribution >= 4 is 0 Å². The quantitative estimate of drug-likeness (QED) is 0.144. The Labute approximate surface area is 396 Å². The van der Waals surface area contributed by atoms with E-state index in [2.05, 4.69) is 23.6 Å². The summed E-state index contributed by atoms with van der Waals surface area (Å²) in [6.07, 6.45) is 56.6. The smallest absolute Gasteiger partial charge is 0.0576 e. The third-order valence-electron chi connectivity index (χ3n) is 22.3. The van der Waals surface area contributed by atoms with Gasteiger partial charge in [0.1, 0.15) is 0 Å². The van der Waals surface area contributed by atoms with Crippen molar-refractivity contribution in [3.8, 4) is 0 Å². The lowest BCUT2D eigenvalue weighted by Gasteiger charge is -2.64. The summed E-state index contributed by atoms with van der Waals surface area (Å²) in [5.74, 6) is 9.95. The van der Waals surface area contributed by atoms with Gasteiger partial charge in [0.2, 0.25) is 0 Å². The Balaban J connectivity index is 0.802. The predicted molar refractivity (Wildman–Crippen MR) is 268 cm³/mol. The minimum atomic E-state index is 0.536. The molecule has 0 amide bonds. The molecule has 8 unspecified atom stereocenters. The molecular formula is C60H104N2O2. The molecule has 0 aromatic heterocycles. The fourth-order valence-electron chi connectivity index (χ4n) is 19.0. The first-order valence-corrected chi connectivity index (χ1v) is 30.3. The zero-order valence-electron chi connectivity index (χ0n) is 42.4. The van der Waals surface area contributed by atoms with Gasteiger partial charge in [0.15, 0.2) is 0 Å². The molecule has 4 heteroatoms. The standard InChI is InChI=1S/C60H104N2O2/c1-43-17-25-49(26-18-43)61(51-29-33-53(34-30-51)63-41-9-15-45-11-5-3-6-12-45)57-39-23-47-22-38-56-58(40-24-48-21-37-55(57)59(47)60(48)56)62(50-27-19-44(2)20-28-50)52-31-35-54(36-32-52)64-42-10-16-46-13-7-4-8-14-46/h43-60H,3-42H2,1-2H3. The summed E-state index contributed by atoms with van der Waals surface area (Å²) in [5.41, 5.74) is 0. The second-order valence-corrected chi connectivity index (χ2v) is 26.1. The zero-order chi connectivity index (χ0) is 43.2. The molecule has 10 fully saturated rings. The van der Waals surface area contributed by atoms with Gasteiger partial charge in [-0.2, -0.15) is 0 Å². The lowest BCUT2D eigenvalue weighted by molar-refractivity contribution is -0.151. The number of hydrogen-bond acceptors (Lipinski definition) is 4. The number of nitrogens with zero attached hydrogens (tertiary/aromatic N) is 2. The molecule has 4 nitrogen and oxygen atoms in total. The Morgan fingerprint density at radius 3 is 1.06 bits per heavy atom. The van der Waals surface area contributed by atoms with Crippen molar-refractivity contribution in [1.82, 2.24) is 9.80 Å². The Hall–Kier alpha value is -0.160. The third kappa shape index (κ3) is 11.4. The molecule has 10 rings (SSSR count). The predicted octanol–water partition coefficient (Wildman–Crippen LogP) is 15.7. The van der Waals surface area contributed by atoms with Crippen molar-refractivity contribution in [2.75, 3.05) is 13.2 Å². The van der Waals surface area contributed by atoms with Gasteiger partial charge in [-0.05, 0) is 239 Å². The molecule has 0 aromatic rings. The van der Waals surface area contributed by atoms with Gasteiger partial charge in [0.05, 0.1) is 12.2 Å². The fourth-order valence-corrected chi connectivity index (χ4v) is 19.0. The van der Waals surface area contributed by atoms with Crippen LogP contribution in [0, 0.1) is 59.2 Å². The molecule has 0 heterocycles. The van der Waals surface area contributed by atoms with Gasteiger partial charge in [-0.15, -0.1) is 0 Å².